The maximum atomic E-state index is 11.9. The fourth-order valence-corrected chi connectivity index (χ4v) is 2.09. The number of rotatable bonds is 5. The molecule has 3 N–H and O–H groups in total. The van der Waals surface area contributed by atoms with Crippen molar-refractivity contribution in [2.75, 3.05) is 0 Å². The molecule has 0 unspecified atom stereocenters. The average molecular weight is 248 g/mol. The van der Waals surface area contributed by atoms with E-state index in [0.717, 1.165) is 5.56 Å². The molecule has 3 nitrogen and oxygen atoms in total. The number of hydrogen-bond acceptors (Lipinski definition) is 2. The number of carbonyl (C=O) groups excluding carboxylic acids is 1. The van der Waals surface area contributed by atoms with Gasteiger partial charge in [0, 0.05) is 0 Å². The summed E-state index contributed by atoms with van der Waals surface area (Å²) in [7, 11) is 0. The normalized spacial score (nSPS) is 14.3. The van der Waals surface area contributed by atoms with Gasteiger partial charge in [-0.15, -0.1) is 0 Å². The first kappa shape index (κ1) is 14.7. The molecule has 0 heterocycles. The Labute approximate surface area is 110 Å². The summed E-state index contributed by atoms with van der Waals surface area (Å²) in [5.41, 5.74) is 8.19. The van der Waals surface area contributed by atoms with Crippen LogP contribution in [0.5, 0.6) is 0 Å². The molecule has 0 aliphatic heterocycles. The van der Waals surface area contributed by atoms with E-state index < -0.39 is 6.04 Å². The smallest absolute Gasteiger partial charge is 0.237 e. The van der Waals surface area contributed by atoms with Crippen LogP contribution in [0.1, 0.15) is 44.4 Å². The van der Waals surface area contributed by atoms with Crippen LogP contribution in [0.15, 0.2) is 24.3 Å². The molecule has 3 heteroatoms. The quantitative estimate of drug-likeness (QED) is 0.841. The highest BCUT2D eigenvalue weighted by Gasteiger charge is 2.18. The molecule has 0 spiro atoms. The van der Waals surface area contributed by atoms with Crippen LogP contribution in [-0.2, 0) is 4.79 Å². The Bertz CT molecular complexity index is 401. The summed E-state index contributed by atoms with van der Waals surface area (Å²) in [6.45, 7) is 8.17. The third kappa shape index (κ3) is 4.15. The van der Waals surface area contributed by atoms with Crippen molar-refractivity contribution in [1.82, 2.24) is 5.32 Å². The van der Waals surface area contributed by atoms with Crippen LogP contribution in [0.3, 0.4) is 0 Å². The summed E-state index contributed by atoms with van der Waals surface area (Å²) in [5, 5.41) is 2.98. The molecule has 1 amide bonds. The third-order valence-corrected chi connectivity index (χ3v) is 3.08. The van der Waals surface area contributed by atoms with Gasteiger partial charge in [-0.3, -0.25) is 4.79 Å². The monoisotopic (exact) mass is 248 g/mol. The second-order valence-corrected chi connectivity index (χ2v) is 5.32. The minimum absolute atomic E-state index is 0.00286. The van der Waals surface area contributed by atoms with E-state index in [4.69, 9.17) is 5.73 Å². The highest BCUT2D eigenvalue weighted by atomic mass is 16.2. The molecule has 100 valence electrons. The topological polar surface area (TPSA) is 55.1 Å². The fraction of sp³-hybridized carbons (Fsp3) is 0.533. The van der Waals surface area contributed by atoms with Crippen molar-refractivity contribution in [3.8, 4) is 0 Å². The molecule has 0 fully saturated rings. The Hall–Kier alpha value is -1.35. The number of nitrogens with one attached hydrogen (secondary N) is 1. The van der Waals surface area contributed by atoms with Crippen LogP contribution in [0.25, 0.3) is 0 Å². The highest BCUT2D eigenvalue weighted by Crippen LogP contribution is 2.16. The van der Waals surface area contributed by atoms with Gasteiger partial charge in [-0.2, -0.15) is 0 Å². The van der Waals surface area contributed by atoms with E-state index >= 15 is 0 Å². The Morgan fingerprint density at radius 3 is 2.44 bits per heavy atom. The summed E-state index contributed by atoms with van der Waals surface area (Å²) >= 11 is 0. The van der Waals surface area contributed by atoms with Gasteiger partial charge in [0.2, 0.25) is 5.91 Å². The van der Waals surface area contributed by atoms with E-state index in [-0.39, 0.29) is 11.9 Å². The second kappa shape index (κ2) is 6.55. The first-order valence-electron chi connectivity index (χ1n) is 6.53. The molecule has 1 aromatic carbocycles. The summed E-state index contributed by atoms with van der Waals surface area (Å²) in [6.07, 6.45) is 0.715. The van der Waals surface area contributed by atoms with E-state index in [1.54, 1.807) is 0 Å². The molecular formula is C15H24N2O. The Balaban J connectivity index is 2.62. The van der Waals surface area contributed by atoms with Crippen LogP contribution in [0.4, 0.5) is 0 Å². The molecule has 0 saturated carbocycles. The number of benzene rings is 1. The summed E-state index contributed by atoms with van der Waals surface area (Å²) in [6, 6.07) is 7.64. The van der Waals surface area contributed by atoms with E-state index in [1.807, 2.05) is 38.1 Å². The van der Waals surface area contributed by atoms with Gasteiger partial charge in [0.15, 0.2) is 0 Å². The zero-order chi connectivity index (χ0) is 13.7. The zero-order valence-electron chi connectivity index (χ0n) is 11.7. The van der Waals surface area contributed by atoms with Gasteiger partial charge in [0.25, 0.3) is 0 Å². The van der Waals surface area contributed by atoms with Crippen LogP contribution < -0.4 is 11.1 Å². The standard InChI is InChI=1S/C15H24N2O/c1-10(2)9-14(16)15(18)17-12(4)13-8-6-5-7-11(13)3/h5-8,10,12,14H,9,16H2,1-4H3,(H,17,18)/t12-,14+/m1/s1. The number of hydrogen-bond donors (Lipinski definition) is 2. The first-order chi connectivity index (χ1) is 8.41. The van der Waals surface area contributed by atoms with Crippen molar-refractivity contribution >= 4 is 5.91 Å². The molecule has 0 aliphatic carbocycles. The predicted molar refractivity (Wildman–Crippen MR) is 75.2 cm³/mol. The summed E-state index contributed by atoms with van der Waals surface area (Å²) in [4.78, 5) is 11.9. The lowest BCUT2D eigenvalue weighted by molar-refractivity contribution is -0.123. The molecule has 0 aromatic heterocycles. The Morgan fingerprint density at radius 1 is 1.28 bits per heavy atom. The van der Waals surface area contributed by atoms with Gasteiger partial charge in [-0.05, 0) is 37.3 Å². The van der Waals surface area contributed by atoms with Crippen LogP contribution in [0, 0.1) is 12.8 Å². The number of amides is 1. The molecule has 0 bridgehead atoms. The molecular weight excluding hydrogens is 224 g/mol. The average Bonchev–Trinajstić information content (AvgIpc) is 2.28. The molecule has 1 rings (SSSR count). The largest absolute Gasteiger partial charge is 0.348 e. The van der Waals surface area contributed by atoms with Gasteiger partial charge in [0.1, 0.15) is 0 Å². The van der Waals surface area contributed by atoms with Crippen LogP contribution >= 0.6 is 0 Å². The summed E-state index contributed by atoms with van der Waals surface area (Å²) < 4.78 is 0. The van der Waals surface area contributed by atoms with E-state index in [2.05, 4.69) is 19.2 Å². The van der Waals surface area contributed by atoms with Crippen molar-refractivity contribution in [2.45, 2.75) is 46.2 Å². The molecule has 0 aliphatic rings. The second-order valence-electron chi connectivity index (χ2n) is 5.32. The Morgan fingerprint density at radius 2 is 1.89 bits per heavy atom. The number of nitrogens with two attached hydrogens (primary N) is 1. The zero-order valence-corrected chi connectivity index (χ0v) is 11.7. The first-order valence-corrected chi connectivity index (χ1v) is 6.53. The van der Waals surface area contributed by atoms with Crippen molar-refractivity contribution in [3.63, 3.8) is 0 Å². The highest BCUT2D eigenvalue weighted by molar-refractivity contribution is 5.81. The predicted octanol–water partition coefficient (Wildman–Crippen LogP) is 2.55. The SMILES string of the molecule is Cc1ccccc1[C@@H](C)NC(=O)[C@@H](N)CC(C)C. The van der Waals surface area contributed by atoms with Crippen molar-refractivity contribution in [1.29, 1.82) is 0 Å². The number of aryl methyl sites for hydroxylation is 1. The van der Waals surface area contributed by atoms with E-state index in [9.17, 15) is 4.79 Å². The lowest BCUT2D eigenvalue weighted by Gasteiger charge is -2.20. The molecule has 0 radical (unpaired) electrons. The van der Waals surface area contributed by atoms with Crippen molar-refractivity contribution in [3.05, 3.63) is 35.4 Å². The maximum absolute atomic E-state index is 11.9. The van der Waals surface area contributed by atoms with Crippen molar-refractivity contribution in [2.24, 2.45) is 11.7 Å². The van der Waals surface area contributed by atoms with Crippen LogP contribution in [-0.4, -0.2) is 11.9 Å². The maximum Gasteiger partial charge on any atom is 0.237 e. The fourth-order valence-electron chi connectivity index (χ4n) is 2.09. The summed E-state index contributed by atoms with van der Waals surface area (Å²) in [5.74, 6) is 0.360. The van der Waals surface area contributed by atoms with E-state index in [1.165, 1.54) is 5.56 Å². The lowest BCUT2D eigenvalue weighted by atomic mass is 10.0. The van der Waals surface area contributed by atoms with Gasteiger partial charge >= 0.3 is 0 Å². The van der Waals surface area contributed by atoms with Crippen molar-refractivity contribution < 1.29 is 4.79 Å². The Kier molecular flexibility index (Phi) is 5.35. The van der Waals surface area contributed by atoms with Crippen LogP contribution in [0.2, 0.25) is 0 Å². The van der Waals surface area contributed by atoms with E-state index in [0.29, 0.717) is 12.3 Å². The molecule has 1 aromatic rings. The van der Waals surface area contributed by atoms with Gasteiger partial charge in [0.05, 0.1) is 12.1 Å². The number of carbonyl (C=O) groups is 1. The molecule has 0 saturated heterocycles. The van der Waals surface area contributed by atoms with Gasteiger partial charge in [-0.25, -0.2) is 0 Å². The minimum atomic E-state index is -0.420. The molecule has 2 atom stereocenters. The minimum Gasteiger partial charge on any atom is -0.348 e. The van der Waals surface area contributed by atoms with Gasteiger partial charge in [-0.1, -0.05) is 38.1 Å². The molecule has 18 heavy (non-hydrogen) atoms. The third-order valence-electron chi connectivity index (χ3n) is 3.08. The van der Waals surface area contributed by atoms with Gasteiger partial charge < -0.3 is 11.1 Å². The lowest BCUT2D eigenvalue weighted by Crippen LogP contribution is -2.42.